The van der Waals surface area contributed by atoms with Crippen LogP contribution in [0, 0.1) is 5.92 Å². The van der Waals surface area contributed by atoms with Gasteiger partial charge in [0.2, 0.25) is 5.91 Å². The number of nitrogens with one attached hydrogen (secondary N) is 1. The van der Waals surface area contributed by atoms with Crippen LogP contribution in [0.4, 0.5) is 0 Å². The van der Waals surface area contributed by atoms with Crippen molar-refractivity contribution >= 4 is 33.6 Å². The van der Waals surface area contributed by atoms with Crippen molar-refractivity contribution in [2.75, 3.05) is 0 Å². The van der Waals surface area contributed by atoms with Gasteiger partial charge in [0.05, 0.1) is 5.25 Å². The van der Waals surface area contributed by atoms with Crippen LogP contribution in [0.3, 0.4) is 0 Å². The lowest BCUT2D eigenvalue weighted by Crippen LogP contribution is -2.43. The highest BCUT2D eigenvalue weighted by atomic mass is 32.2. The van der Waals surface area contributed by atoms with Crippen LogP contribution < -0.4 is 5.32 Å². The van der Waals surface area contributed by atoms with Crippen LogP contribution in [0.2, 0.25) is 0 Å². The average Bonchev–Trinajstić information content (AvgIpc) is 2.88. The molecule has 1 aliphatic rings. The van der Waals surface area contributed by atoms with E-state index in [9.17, 15) is 18.0 Å². The molecular formula is C11H19NO8S2. The summed E-state index contributed by atoms with van der Waals surface area (Å²) in [7, 11) is -4.12. The van der Waals surface area contributed by atoms with Gasteiger partial charge in [-0.3, -0.25) is 9.35 Å². The quantitative estimate of drug-likeness (QED) is 0.549. The highest BCUT2D eigenvalue weighted by Crippen LogP contribution is 2.30. The van der Waals surface area contributed by atoms with Crippen LogP contribution >= 0.6 is 0 Å². The van der Waals surface area contributed by atoms with E-state index in [2.05, 4.69) is 5.32 Å². The largest absolute Gasteiger partial charge is 0.480 e. The molecule has 0 aromatic carbocycles. The zero-order valence-corrected chi connectivity index (χ0v) is 13.6. The molecule has 22 heavy (non-hydrogen) atoms. The molecule has 3 N–H and O–H groups in total. The third kappa shape index (κ3) is 7.09. The number of carboxylic acid groups (broad SMARTS) is 1. The van der Waals surface area contributed by atoms with Gasteiger partial charge in [-0.1, -0.05) is 13.3 Å². The van der Waals surface area contributed by atoms with Gasteiger partial charge in [-0.2, -0.15) is 16.8 Å². The van der Waals surface area contributed by atoms with Crippen molar-refractivity contribution in [3.63, 3.8) is 0 Å². The summed E-state index contributed by atoms with van der Waals surface area (Å²) in [4.78, 5) is 22.8. The van der Waals surface area contributed by atoms with E-state index in [1.807, 2.05) is 6.92 Å². The first kappa shape index (κ1) is 20.7. The van der Waals surface area contributed by atoms with E-state index in [1.54, 1.807) is 0 Å². The Labute approximate surface area is 131 Å². The summed E-state index contributed by atoms with van der Waals surface area (Å²) in [5, 5.41) is 10.4. The highest BCUT2D eigenvalue weighted by molar-refractivity contribution is 7.86. The van der Waals surface area contributed by atoms with E-state index in [0.717, 1.165) is 0 Å². The number of hydrogen-bond donors (Lipinski definition) is 3. The van der Waals surface area contributed by atoms with Crippen molar-refractivity contribution in [3.8, 4) is 0 Å². The van der Waals surface area contributed by atoms with Gasteiger partial charge < -0.3 is 10.4 Å². The van der Waals surface area contributed by atoms with Crippen LogP contribution in [-0.4, -0.2) is 49.7 Å². The molecule has 9 nitrogen and oxygen atoms in total. The second-order valence-corrected chi connectivity index (χ2v) is 6.74. The molecule has 128 valence electrons. The summed E-state index contributed by atoms with van der Waals surface area (Å²) in [6, 6.07) is -0.942. The fourth-order valence-electron chi connectivity index (χ4n) is 2.28. The fraction of sp³-hybridized carbons (Fsp3) is 0.818. The van der Waals surface area contributed by atoms with E-state index in [1.165, 1.54) is 0 Å². The fourth-order valence-corrected chi connectivity index (χ4v) is 3.19. The molecule has 0 aliphatic heterocycles. The molecule has 1 rings (SSSR count). The summed E-state index contributed by atoms with van der Waals surface area (Å²) in [5.74, 6) is -2.10. The number of amides is 1. The average molecular weight is 357 g/mol. The lowest BCUT2D eigenvalue weighted by Gasteiger charge is -2.16. The van der Waals surface area contributed by atoms with Crippen LogP contribution in [0.25, 0.3) is 0 Å². The Kier molecular flexibility index (Phi) is 9.06. The molecule has 11 heteroatoms. The van der Waals surface area contributed by atoms with Crippen LogP contribution in [0.5, 0.6) is 0 Å². The number of carbonyl (C=O) groups is 2. The monoisotopic (exact) mass is 357 g/mol. The lowest BCUT2D eigenvalue weighted by atomic mass is 10.1. The third-order valence-electron chi connectivity index (χ3n) is 3.37. The van der Waals surface area contributed by atoms with Crippen LogP contribution in [0.15, 0.2) is 0 Å². The minimum Gasteiger partial charge on any atom is -0.480 e. The van der Waals surface area contributed by atoms with Gasteiger partial charge in [-0.05, 0) is 25.7 Å². The predicted octanol–water partition coefficient (Wildman–Crippen LogP) is -0.258. The molecular weight excluding hydrogens is 338 g/mol. The molecule has 0 heterocycles. The highest BCUT2D eigenvalue weighted by Gasteiger charge is 2.37. The summed E-state index contributed by atoms with van der Waals surface area (Å²) < 4.78 is 47.4. The molecule has 0 aromatic heterocycles. The Morgan fingerprint density at radius 3 is 2.23 bits per heavy atom. The minimum atomic E-state index is -4.12. The van der Waals surface area contributed by atoms with Gasteiger partial charge in [-0.15, -0.1) is 0 Å². The normalized spacial score (nSPS) is 22.1. The molecule has 1 saturated carbocycles. The van der Waals surface area contributed by atoms with Gasteiger partial charge in [0.1, 0.15) is 6.04 Å². The second-order valence-electron chi connectivity index (χ2n) is 4.90. The van der Waals surface area contributed by atoms with E-state index in [-0.39, 0.29) is 12.8 Å². The summed E-state index contributed by atoms with van der Waals surface area (Å²) in [6.45, 7) is 1.81. The number of rotatable bonds is 6. The molecule has 1 aliphatic carbocycles. The molecule has 0 radical (unpaired) electrons. The number of carbonyl (C=O) groups excluding carboxylic acids is 1. The minimum absolute atomic E-state index is 0.0448. The number of carboxylic acids is 1. The van der Waals surface area contributed by atoms with Gasteiger partial charge in [0, 0.05) is 5.92 Å². The van der Waals surface area contributed by atoms with E-state index >= 15 is 0 Å². The summed E-state index contributed by atoms with van der Waals surface area (Å²) in [5.41, 5.74) is 0. The standard InChI is InChI=1S/C11H19NO6S.O2S/c1-2-3-9(11(14)15)12-10(13)7-4-5-8(6-7)19(16,17)18;1-3-2/h7-9H,2-6H2,1H3,(H,12,13)(H,14,15)(H,16,17,18);/t7?,8?,9-;/m0./s1. The zero-order chi connectivity index (χ0) is 17.3. The van der Waals surface area contributed by atoms with Gasteiger partial charge >= 0.3 is 17.5 Å². The molecule has 2 unspecified atom stereocenters. The Morgan fingerprint density at radius 2 is 1.86 bits per heavy atom. The Bertz CT molecular complexity index is 526. The molecule has 0 aromatic rings. The van der Waals surface area contributed by atoms with Crippen molar-refractivity contribution in [2.45, 2.75) is 50.3 Å². The first-order valence-electron chi connectivity index (χ1n) is 6.58. The first-order chi connectivity index (χ1) is 10.2. The Hall–Kier alpha value is -1.33. The second kappa shape index (κ2) is 9.64. The van der Waals surface area contributed by atoms with Gasteiger partial charge in [-0.25, -0.2) is 4.79 Å². The maximum atomic E-state index is 11.9. The molecule has 0 spiro atoms. The van der Waals surface area contributed by atoms with Crippen molar-refractivity contribution in [1.29, 1.82) is 0 Å². The van der Waals surface area contributed by atoms with Crippen molar-refractivity contribution in [1.82, 2.24) is 5.32 Å². The third-order valence-corrected chi connectivity index (χ3v) is 4.64. The first-order valence-corrected chi connectivity index (χ1v) is 8.75. The van der Waals surface area contributed by atoms with Gasteiger partial charge in [0.25, 0.3) is 10.1 Å². The summed E-state index contributed by atoms with van der Waals surface area (Å²) in [6.07, 6.45) is 1.56. The molecule has 3 atom stereocenters. The molecule has 1 fully saturated rings. The van der Waals surface area contributed by atoms with Crippen LogP contribution in [-0.2, 0) is 31.3 Å². The van der Waals surface area contributed by atoms with Crippen LogP contribution in [0.1, 0.15) is 39.0 Å². The maximum Gasteiger partial charge on any atom is 0.335 e. The van der Waals surface area contributed by atoms with E-state index < -0.39 is 50.8 Å². The maximum absolute atomic E-state index is 11.9. The van der Waals surface area contributed by atoms with Gasteiger partial charge in [0.15, 0.2) is 0 Å². The van der Waals surface area contributed by atoms with E-state index in [4.69, 9.17) is 18.1 Å². The zero-order valence-electron chi connectivity index (χ0n) is 11.9. The lowest BCUT2D eigenvalue weighted by molar-refractivity contribution is -0.142. The molecule has 1 amide bonds. The number of aliphatic carboxylic acids is 1. The van der Waals surface area contributed by atoms with Crippen molar-refractivity contribution < 1.29 is 36.1 Å². The Morgan fingerprint density at radius 1 is 1.32 bits per heavy atom. The number of hydrogen-bond acceptors (Lipinski definition) is 6. The van der Waals surface area contributed by atoms with E-state index in [0.29, 0.717) is 19.3 Å². The predicted molar refractivity (Wildman–Crippen MR) is 76.1 cm³/mol. The summed E-state index contributed by atoms with van der Waals surface area (Å²) >= 11 is -0.750. The Balaban J connectivity index is 0.00000135. The smallest absolute Gasteiger partial charge is 0.335 e. The molecule has 0 saturated heterocycles. The topological polar surface area (TPSA) is 155 Å². The van der Waals surface area contributed by atoms with Crippen molar-refractivity contribution in [2.24, 2.45) is 5.92 Å². The molecule has 0 bridgehead atoms. The van der Waals surface area contributed by atoms with Crippen molar-refractivity contribution in [3.05, 3.63) is 0 Å². The SMILES string of the molecule is CCC[C@H](NC(=O)C1CCC(S(=O)(=O)O)C1)C(=O)O.O=S=O.